The van der Waals surface area contributed by atoms with Gasteiger partial charge in [0.1, 0.15) is 19.0 Å². The largest absolute Gasteiger partial charge is 0.486 e. The van der Waals surface area contributed by atoms with Gasteiger partial charge in [0.2, 0.25) is 10.0 Å². The Labute approximate surface area is 144 Å². The molecule has 2 aliphatic heterocycles. The van der Waals surface area contributed by atoms with Crippen LogP contribution < -0.4 is 19.9 Å². The molecular weight excluding hydrogens is 348 g/mol. The Bertz CT molecular complexity index is 949. The van der Waals surface area contributed by atoms with Crippen LogP contribution in [0.15, 0.2) is 27.9 Å². The van der Waals surface area contributed by atoms with Gasteiger partial charge in [-0.3, -0.25) is 4.57 Å². The first kappa shape index (κ1) is 16.2. The molecular formula is C15H18N4O5S. The predicted octanol–water partition coefficient (Wildman–Crippen LogP) is 0.0260. The molecule has 0 saturated carbocycles. The third kappa shape index (κ3) is 3.14. The summed E-state index contributed by atoms with van der Waals surface area (Å²) in [6, 6.07) is 4.32. The fourth-order valence-electron chi connectivity index (χ4n) is 3.10. The van der Waals surface area contributed by atoms with E-state index in [1.807, 2.05) is 0 Å². The number of nitrogens with one attached hydrogen (secondary N) is 2. The Balaban J connectivity index is 1.51. The first-order chi connectivity index (χ1) is 12.0. The van der Waals surface area contributed by atoms with Gasteiger partial charge in [-0.2, -0.15) is 5.10 Å². The van der Waals surface area contributed by atoms with Crippen molar-refractivity contribution in [3.05, 3.63) is 34.5 Å². The van der Waals surface area contributed by atoms with Crippen molar-refractivity contribution in [3.63, 3.8) is 0 Å². The summed E-state index contributed by atoms with van der Waals surface area (Å²) < 4.78 is 40.5. The third-order valence-electron chi connectivity index (χ3n) is 4.40. The number of nitrogens with zero attached hydrogens (tertiary/aromatic N) is 2. The maximum Gasteiger partial charge on any atom is 0.343 e. The lowest BCUT2D eigenvalue weighted by Gasteiger charge is -2.20. The Hall–Kier alpha value is -2.33. The van der Waals surface area contributed by atoms with Crippen LogP contribution in [0.5, 0.6) is 11.5 Å². The van der Waals surface area contributed by atoms with Gasteiger partial charge in [0, 0.05) is 25.1 Å². The summed E-state index contributed by atoms with van der Waals surface area (Å²) in [5.41, 5.74) is -0.259. The van der Waals surface area contributed by atoms with Crippen LogP contribution in [-0.4, -0.2) is 42.4 Å². The summed E-state index contributed by atoms with van der Waals surface area (Å²) >= 11 is 0. The van der Waals surface area contributed by atoms with Gasteiger partial charge in [-0.05, 0) is 25.0 Å². The summed E-state index contributed by atoms with van der Waals surface area (Å²) in [6.07, 6.45) is 1.64. The average Bonchev–Trinajstić information content (AvgIpc) is 2.84. The van der Waals surface area contributed by atoms with E-state index in [1.54, 1.807) is 10.6 Å². The zero-order valence-corrected chi connectivity index (χ0v) is 14.2. The normalized spacial score (nSPS) is 19.9. The number of benzene rings is 1. The average molecular weight is 366 g/mol. The first-order valence-electron chi connectivity index (χ1n) is 8.09. The van der Waals surface area contributed by atoms with Crippen LogP contribution in [-0.2, 0) is 23.0 Å². The fourth-order valence-corrected chi connectivity index (χ4v) is 4.42. The first-order valence-corrected chi connectivity index (χ1v) is 9.57. The van der Waals surface area contributed by atoms with Crippen molar-refractivity contribution in [2.75, 3.05) is 13.2 Å². The van der Waals surface area contributed by atoms with Gasteiger partial charge < -0.3 is 9.47 Å². The minimum atomic E-state index is -3.69. The quantitative estimate of drug-likeness (QED) is 0.792. The Morgan fingerprint density at radius 2 is 2.00 bits per heavy atom. The zero-order chi connectivity index (χ0) is 17.4. The molecule has 134 valence electrons. The van der Waals surface area contributed by atoms with Crippen molar-refractivity contribution in [1.82, 2.24) is 19.5 Å². The number of H-pyrrole nitrogens is 1. The molecule has 4 rings (SSSR count). The van der Waals surface area contributed by atoms with E-state index >= 15 is 0 Å². The lowest BCUT2D eigenvalue weighted by atomic mass is 10.1. The van der Waals surface area contributed by atoms with Crippen molar-refractivity contribution in [3.8, 4) is 11.5 Å². The van der Waals surface area contributed by atoms with Crippen LogP contribution in [0.3, 0.4) is 0 Å². The molecule has 9 nitrogen and oxygen atoms in total. The minimum absolute atomic E-state index is 0.136. The number of aromatic amines is 1. The lowest BCUT2D eigenvalue weighted by Crippen LogP contribution is -2.35. The van der Waals surface area contributed by atoms with E-state index in [2.05, 4.69) is 14.9 Å². The maximum absolute atomic E-state index is 12.7. The lowest BCUT2D eigenvalue weighted by molar-refractivity contribution is 0.171. The number of aryl methyl sites for hydroxylation is 1. The van der Waals surface area contributed by atoms with E-state index in [9.17, 15) is 13.2 Å². The highest BCUT2D eigenvalue weighted by Crippen LogP contribution is 2.32. The highest BCUT2D eigenvalue weighted by Gasteiger charge is 2.25. The molecule has 0 spiro atoms. The van der Waals surface area contributed by atoms with Crippen molar-refractivity contribution in [1.29, 1.82) is 0 Å². The van der Waals surface area contributed by atoms with Gasteiger partial charge in [0.15, 0.2) is 11.5 Å². The molecule has 1 aromatic carbocycles. The maximum atomic E-state index is 12.7. The number of fused-ring (bicyclic) bond motifs is 2. The summed E-state index contributed by atoms with van der Waals surface area (Å²) in [4.78, 5) is 11.8. The summed E-state index contributed by atoms with van der Waals surface area (Å²) in [5.74, 6) is 1.64. The van der Waals surface area contributed by atoms with Crippen LogP contribution in [0.1, 0.15) is 18.7 Å². The molecule has 0 amide bonds. The van der Waals surface area contributed by atoms with Crippen LogP contribution in [0, 0.1) is 0 Å². The van der Waals surface area contributed by atoms with E-state index in [-0.39, 0.29) is 16.6 Å². The van der Waals surface area contributed by atoms with Gasteiger partial charge in [0.25, 0.3) is 0 Å². The topological polar surface area (TPSA) is 115 Å². The van der Waals surface area contributed by atoms with Crippen molar-refractivity contribution < 1.29 is 17.9 Å². The van der Waals surface area contributed by atoms with E-state index in [0.29, 0.717) is 56.3 Å². The van der Waals surface area contributed by atoms with Crippen molar-refractivity contribution >= 4 is 10.0 Å². The highest BCUT2D eigenvalue weighted by molar-refractivity contribution is 7.89. The number of aromatic nitrogens is 3. The smallest absolute Gasteiger partial charge is 0.343 e. The second kappa shape index (κ2) is 6.19. The molecule has 3 heterocycles. The Morgan fingerprint density at radius 3 is 2.84 bits per heavy atom. The van der Waals surface area contributed by atoms with E-state index in [1.165, 1.54) is 12.1 Å². The number of hydrogen-bond donors (Lipinski definition) is 2. The molecule has 2 N–H and O–H groups in total. The molecule has 1 unspecified atom stereocenters. The second-order valence-electron chi connectivity index (χ2n) is 6.05. The Morgan fingerprint density at radius 1 is 1.20 bits per heavy atom. The van der Waals surface area contributed by atoms with Gasteiger partial charge in [-0.1, -0.05) is 0 Å². The monoisotopic (exact) mass is 366 g/mol. The van der Waals surface area contributed by atoms with Gasteiger partial charge in [-0.15, -0.1) is 0 Å². The molecule has 0 saturated heterocycles. The zero-order valence-electron chi connectivity index (χ0n) is 13.4. The molecule has 2 aliphatic rings. The SMILES string of the molecule is O=c1[nH]nc2n1CCC(NS(=O)(=O)c1ccc3c(c1)OCCO3)CC2. The molecule has 2 aromatic rings. The molecule has 10 heteroatoms. The molecule has 0 bridgehead atoms. The number of hydrogen-bond acceptors (Lipinski definition) is 6. The van der Waals surface area contributed by atoms with E-state index in [0.717, 1.165) is 0 Å². The number of ether oxygens (including phenoxy) is 2. The van der Waals surface area contributed by atoms with Gasteiger partial charge >= 0.3 is 5.69 Å². The summed E-state index contributed by atoms with van der Waals surface area (Å²) in [6.45, 7) is 1.28. The summed E-state index contributed by atoms with van der Waals surface area (Å²) in [7, 11) is -3.69. The molecule has 0 aliphatic carbocycles. The molecule has 1 atom stereocenters. The van der Waals surface area contributed by atoms with Gasteiger partial charge in [0.05, 0.1) is 4.90 Å². The fraction of sp³-hybridized carbons (Fsp3) is 0.467. The number of rotatable bonds is 3. The summed E-state index contributed by atoms with van der Waals surface area (Å²) in [5, 5.41) is 6.39. The van der Waals surface area contributed by atoms with Crippen molar-refractivity contribution in [2.24, 2.45) is 0 Å². The Kier molecular flexibility index (Phi) is 4.00. The van der Waals surface area contributed by atoms with Crippen LogP contribution in [0.2, 0.25) is 0 Å². The highest BCUT2D eigenvalue weighted by atomic mass is 32.2. The van der Waals surface area contributed by atoms with E-state index in [4.69, 9.17) is 9.47 Å². The second-order valence-corrected chi connectivity index (χ2v) is 7.76. The standard InChI is InChI=1S/C15H18N4O5S/c20-15-17-16-14-4-1-10(5-6-19(14)15)18-25(21,22)11-2-3-12-13(9-11)24-8-7-23-12/h2-3,9-10,18H,1,4-8H2,(H,17,20). The molecule has 1 aromatic heterocycles. The molecule has 25 heavy (non-hydrogen) atoms. The van der Waals surface area contributed by atoms with Crippen LogP contribution >= 0.6 is 0 Å². The van der Waals surface area contributed by atoms with Crippen molar-refractivity contribution in [2.45, 2.75) is 36.7 Å². The predicted molar refractivity (Wildman–Crippen MR) is 87.3 cm³/mol. The number of sulfonamides is 1. The van der Waals surface area contributed by atoms with Gasteiger partial charge in [-0.25, -0.2) is 23.0 Å². The van der Waals surface area contributed by atoms with Crippen LogP contribution in [0.25, 0.3) is 0 Å². The molecule has 0 fully saturated rings. The third-order valence-corrected chi connectivity index (χ3v) is 5.92. The molecule has 0 radical (unpaired) electrons. The van der Waals surface area contributed by atoms with E-state index < -0.39 is 10.0 Å². The minimum Gasteiger partial charge on any atom is -0.486 e. The van der Waals surface area contributed by atoms with Crippen LogP contribution in [0.4, 0.5) is 0 Å².